The molecule has 0 radical (unpaired) electrons. The molecule has 3 nitrogen and oxygen atoms in total. The molecule has 0 saturated heterocycles. The molecule has 18 heavy (non-hydrogen) atoms. The molecular weight excluding hydrogens is 273 g/mol. The van der Waals surface area contributed by atoms with Crippen molar-refractivity contribution in [3.05, 3.63) is 28.3 Å². The van der Waals surface area contributed by atoms with Crippen molar-refractivity contribution in [3.8, 4) is 5.75 Å². The zero-order valence-corrected chi connectivity index (χ0v) is 10.0. The summed E-state index contributed by atoms with van der Waals surface area (Å²) in [5, 5.41) is 17.6. The van der Waals surface area contributed by atoms with E-state index in [4.69, 9.17) is 16.7 Å². The molecule has 0 spiro atoms. The fourth-order valence-corrected chi connectivity index (χ4v) is 1.64. The van der Waals surface area contributed by atoms with Crippen LogP contribution in [0.2, 0.25) is 5.02 Å². The molecule has 7 heteroatoms. The molecule has 0 aliphatic heterocycles. The Morgan fingerprint density at radius 2 is 2.00 bits per heavy atom. The Labute approximate surface area is 106 Å². The Morgan fingerprint density at radius 1 is 1.44 bits per heavy atom. The second-order valence-electron chi connectivity index (χ2n) is 3.90. The third-order valence-electron chi connectivity index (χ3n) is 2.43. The number of carboxylic acids is 1. The first-order chi connectivity index (χ1) is 8.12. The van der Waals surface area contributed by atoms with Gasteiger partial charge in [0.1, 0.15) is 5.75 Å². The van der Waals surface area contributed by atoms with Crippen molar-refractivity contribution in [3.63, 3.8) is 0 Å². The van der Waals surface area contributed by atoms with E-state index < -0.39 is 29.4 Å². The predicted molar refractivity (Wildman–Crippen MR) is 58.6 cm³/mol. The molecule has 0 aromatic heterocycles. The molecule has 1 unspecified atom stereocenters. The van der Waals surface area contributed by atoms with Crippen molar-refractivity contribution in [2.45, 2.75) is 19.5 Å². The first-order valence-corrected chi connectivity index (χ1v) is 5.32. The van der Waals surface area contributed by atoms with E-state index in [9.17, 15) is 23.1 Å². The minimum atomic E-state index is -4.67. The molecule has 0 aliphatic rings. The van der Waals surface area contributed by atoms with Crippen LogP contribution in [0.1, 0.15) is 18.1 Å². The van der Waals surface area contributed by atoms with Gasteiger partial charge in [-0.3, -0.25) is 4.79 Å². The Hall–Kier alpha value is -1.43. The maximum Gasteiger partial charge on any atom is 0.416 e. The summed E-state index contributed by atoms with van der Waals surface area (Å²) in [5.74, 6) is -2.87. The molecule has 1 aromatic rings. The topological polar surface area (TPSA) is 57.5 Å². The monoisotopic (exact) mass is 282 g/mol. The van der Waals surface area contributed by atoms with Gasteiger partial charge in [0.15, 0.2) is 0 Å². The number of aliphatic carboxylic acids is 1. The van der Waals surface area contributed by atoms with Crippen LogP contribution in [0.5, 0.6) is 5.75 Å². The zero-order valence-electron chi connectivity index (χ0n) is 9.25. The van der Waals surface area contributed by atoms with Crippen molar-refractivity contribution in [2.24, 2.45) is 5.92 Å². The average Bonchev–Trinajstić information content (AvgIpc) is 2.21. The summed E-state index contributed by atoms with van der Waals surface area (Å²) in [4.78, 5) is 10.7. The summed E-state index contributed by atoms with van der Waals surface area (Å²) in [6.07, 6.45) is -4.99. The van der Waals surface area contributed by atoms with Crippen LogP contribution in [0, 0.1) is 5.92 Å². The third kappa shape index (κ3) is 3.29. The van der Waals surface area contributed by atoms with Gasteiger partial charge in [-0.05, 0) is 24.1 Å². The van der Waals surface area contributed by atoms with Gasteiger partial charge in [-0.25, -0.2) is 0 Å². The van der Waals surface area contributed by atoms with Gasteiger partial charge < -0.3 is 10.2 Å². The summed E-state index contributed by atoms with van der Waals surface area (Å²) in [7, 11) is 0. The number of benzene rings is 1. The van der Waals surface area contributed by atoms with Gasteiger partial charge in [-0.1, -0.05) is 18.5 Å². The Morgan fingerprint density at radius 3 is 2.44 bits per heavy atom. The number of phenolic OH excluding ortho intramolecular Hbond substituents is 1. The van der Waals surface area contributed by atoms with Gasteiger partial charge in [0.05, 0.1) is 16.5 Å². The van der Waals surface area contributed by atoms with Crippen LogP contribution in [-0.4, -0.2) is 16.2 Å². The average molecular weight is 283 g/mol. The number of alkyl halides is 3. The highest BCUT2D eigenvalue weighted by Crippen LogP contribution is 2.38. The molecule has 1 aromatic carbocycles. The molecular formula is C11H10ClF3O3. The van der Waals surface area contributed by atoms with Crippen LogP contribution in [0.4, 0.5) is 13.2 Å². The highest BCUT2D eigenvalue weighted by atomic mass is 35.5. The van der Waals surface area contributed by atoms with E-state index in [2.05, 4.69) is 0 Å². The largest absolute Gasteiger partial charge is 0.506 e. The second kappa shape index (κ2) is 5.06. The first kappa shape index (κ1) is 14.6. The summed E-state index contributed by atoms with van der Waals surface area (Å²) < 4.78 is 38.1. The quantitative estimate of drug-likeness (QED) is 0.894. The molecule has 1 atom stereocenters. The number of carboxylic acid groups (broad SMARTS) is 1. The Balaban J connectivity index is 3.24. The maximum atomic E-state index is 12.7. The van der Waals surface area contributed by atoms with E-state index in [1.165, 1.54) is 6.92 Å². The molecule has 0 heterocycles. The van der Waals surface area contributed by atoms with Gasteiger partial charge in [-0.15, -0.1) is 0 Å². The molecule has 0 aliphatic carbocycles. The fraction of sp³-hybridized carbons (Fsp3) is 0.364. The van der Waals surface area contributed by atoms with Crippen LogP contribution < -0.4 is 0 Å². The number of hydrogen-bond donors (Lipinski definition) is 2. The number of hydrogen-bond acceptors (Lipinski definition) is 2. The van der Waals surface area contributed by atoms with E-state index in [1.54, 1.807) is 0 Å². The second-order valence-corrected chi connectivity index (χ2v) is 4.31. The standard InChI is InChI=1S/C11H10ClF3O3/c1-5(10(17)18)2-6-3-8(12)9(16)4-7(6)11(13,14)15/h3-5,16H,2H2,1H3,(H,17,18). The molecule has 100 valence electrons. The summed E-state index contributed by atoms with van der Waals surface area (Å²) in [5.41, 5.74) is -1.32. The van der Waals surface area contributed by atoms with Crippen LogP contribution >= 0.6 is 11.6 Å². The van der Waals surface area contributed by atoms with E-state index in [0.29, 0.717) is 6.07 Å². The third-order valence-corrected chi connectivity index (χ3v) is 2.73. The van der Waals surface area contributed by atoms with Crippen LogP contribution in [0.3, 0.4) is 0 Å². The normalized spacial score (nSPS) is 13.4. The Bertz CT molecular complexity index is 471. The van der Waals surface area contributed by atoms with Gasteiger partial charge in [0, 0.05) is 0 Å². The van der Waals surface area contributed by atoms with E-state index in [-0.39, 0.29) is 17.0 Å². The SMILES string of the molecule is CC(Cc1cc(Cl)c(O)cc1C(F)(F)F)C(=O)O. The van der Waals surface area contributed by atoms with Crippen LogP contribution in [0.25, 0.3) is 0 Å². The molecule has 0 saturated carbocycles. The van der Waals surface area contributed by atoms with E-state index in [0.717, 1.165) is 6.07 Å². The van der Waals surface area contributed by atoms with Gasteiger partial charge in [0.2, 0.25) is 0 Å². The lowest BCUT2D eigenvalue weighted by molar-refractivity contribution is -0.142. The number of rotatable bonds is 3. The van der Waals surface area contributed by atoms with Crippen molar-refractivity contribution in [1.82, 2.24) is 0 Å². The van der Waals surface area contributed by atoms with Crippen molar-refractivity contribution in [1.29, 1.82) is 0 Å². The molecule has 0 bridgehead atoms. The summed E-state index contributed by atoms with van der Waals surface area (Å²) in [6.45, 7) is 1.29. The van der Waals surface area contributed by atoms with Gasteiger partial charge in [0.25, 0.3) is 0 Å². The summed E-state index contributed by atoms with van der Waals surface area (Å²) >= 11 is 5.53. The highest BCUT2D eigenvalue weighted by molar-refractivity contribution is 6.32. The molecule has 1 rings (SSSR count). The fourth-order valence-electron chi connectivity index (χ4n) is 1.45. The van der Waals surface area contributed by atoms with Crippen LogP contribution in [0.15, 0.2) is 12.1 Å². The van der Waals surface area contributed by atoms with Crippen LogP contribution in [-0.2, 0) is 17.4 Å². The first-order valence-electron chi connectivity index (χ1n) is 4.94. The van der Waals surface area contributed by atoms with Gasteiger partial charge in [-0.2, -0.15) is 13.2 Å². The Kier molecular flexibility index (Phi) is 4.11. The van der Waals surface area contributed by atoms with E-state index >= 15 is 0 Å². The molecule has 2 N–H and O–H groups in total. The van der Waals surface area contributed by atoms with Crippen molar-refractivity contribution in [2.75, 3.05) is 0 Å². The van der Waals surface area contributed by atoms with Crippen molar-refractivity contribution < 1.29 is 28.2 Å². The lowest BCUT2D eigenvalue weighted by atomic mass is 9.96. The smallest absolute Gasteiger partial charge is 0.416 e. The van der Waals surface area contributed by atoms with E-state index in [1.807, 2.05) is 0 Å². The maximum absolute atomic E-state index is 12.7. The predicted octanol–water partition coefficient (Wildman–Crippen LogP) is 3.33. The number of aromatic hydroxyl groups is 1. The molecule has 0 amide bonds. The summed E-state index contributed by atoms with van der Waals surface area (Å²) in [6, 6.07) is 1.45. The van der Waals surface area contributed by atoms with Gasteiger partial charge >= 0.3 is 12.1 Å². The minimum Gasteiger partial charge on any atom is -0.506 e. The zero-order chi connectivity index (χ0) is 14.1. The highest BCUT2D eigenvalue weighted by Gasteiger charge is 2.35. The number of halogens is 4. The van der Waals surface area contributed by atoms with Crippen molar-refractivity contribution >= 4 is 17.6 Å². The number of phenols is 1. The number of carbonyl (C=O) groups is 1. The molecule has 0 fully saturated rings. The lowest BCUT2D eigenvalue weighted by Crippen LogP contribution is -2.16. The lowest BCUT2D eigenvalue weighted by Gasteiger charge is -2.15. The minimum absolute atomic E-state index is 0.240.